The minimum absolute atomic E-state index is 0.161. The highest BCUT2D eigenvalue weighted by molar-refractivity contribution is 7.92. The fourth-order valence-electron chi connectivity index (χ4n) is 4.77. The second-order valence-electron chi connectivity index (χ2n) is 9.50. The Bertz CT molecular complexity index is 1640. The van der Waals surface area contributed by atoms with Gasteiger partial charge in [0.15, 0.2) is 12.6 Å². The number of fused-ring (bicyclic) bond motifs is 1. The lowest BCUT2D eigenvalue weighted by Crippen LogP contribution is -2.30. The summed E-state index contributed by atoms with van der Waals surface area (Å²) in [5, 5.41) is 8.04. The number of oxime groups is 1. The highest BCUT2D eigenvalue weighted by Gasteiger charge is 2.33. The normalized spacial score (nSPS) is 15.2. The summed E-state index contributed by atoms with van der Waals surface area (Å²) >= 11 is 0. The summed E-state index contributed by atoms with van der Waals surface area (Å²) in [6.07, 6.45) is 3.15. The van der Waals surface area contributed by atoms with Crippen LogP contribution in [0.2, 0.25) is 0 Å². The highest BCUT2D eigenvalue weighted by atomic mass is 32.2. The Morgan fingerprint density at radius 1 is 1.11 bits per heavy atom. The van der Waals surface area contributed by atoms with Crippen LogP contribution in [0.5, 0.6) is 5.75 Å². The van der Waals surface area contributed by atoms with Crippen LogP contribution in [0.15, 0.2) is 70.2 Å². The molecule has 3 aromatic carbocycles. The number of benzene rings is 3. The Balaban J connectivity index is 1.53. The first-order valence-electron chi connectivity index (χ1n) is 12.2. The van der Waals surface area contributed by atoms with E-state index in [0.29, 0.717) is 39.7 Å². The molecule has 1 aliphatic carbocycles. The average Bonchev–Trinajstić information content (AvgIpc) is 3.48. The molecule has 2 heterocycles. The Kier molecular flexibility index (Phi) is 5.98. The summed E-state index contributed by atoms with van der Waals surface area (Å²) in [6, 6.07) is 17.1. The van der Waals surface area contributed by atoms with Crippen LogP contribution < -0.4 is 14.4 Å². The monoisotopic (exact) mass is 535 g/mol. The molecular formula is C28H26FN3O5S. The molecule has 0 saturated heterocycles. The van der Waals surface area contributed by atoms with E-state index in [4.69, 9.17) is 14.0 Å². The topological polar surface area (TPSA) is 93.4 Å². The van der Waals surface area contributed by atoms with E-state index in [1.54, 1.807) is 25.3 Å². The molecule has 0 bridgehead atoms. The molecule has 1 N–H and O–H groups in total. The number of amidine groups is 1. The quantitative estimate of drug-likeness (QED) is 0.328. The number of furan rings is 1. The van der Waals surface area contributed by atoms with Gasteiger partial charge in [-0.3, -0.25) is 4.31 Å². The third-order valence-corrected chi connectivity index (χ3v) is 7.94. The van der Waals surface area contributed by atoms with Crippen LogP contribution in [0, 0.1) is 5.82 Å². The lowest BCUT2D eigenvalue weighted by Gasteiger charge is -2.25. The van der Waals surface area contributed by atoms with Gasteiger partial charge in [-0.2, -0.15) is 0 Å². The minimum Gasteiger partial charge on any atom is -0.497 e. The van der Waals surface area contributed by atoms with Crippen molar-refractivity contribution >= 4 is 32.5 Å². The maximum atomic E-state index is 13.7. The van der Waals surface area contributed by atoms with E-state index in [-0.39, 0.29) is 25.0 Å². The number of halogens is 1. The van der Waals surface area contributed by atoms with Gasteiger partial charge in [0.25, 0.3) is 0 Å². The highest BCUT2D eigenvalue weighted by Crippen LogP contribution is 2.48. The summed E-state index contributed by atoms with van der Waals surface area (Å²) in [5.41, 5.74) is 4.20. The predicted octanol–water partition coefficient (Wildman–Crippen LogP) is 5.33. The van der Waals surface area contributed by atoms with E-state index in [2.05, 4.69) is 10.5 Å². The molecule has 0 unspecified atom stereocenters. The van der Waals surface area contributed by atoms with Gasteiger partial charge in [0, 0.05) is 17.0 Å². The molecule has 2 aliphatic rings. The largest absolute Gasteiger partial charge is 0.497 e. The van der Waals surface area contributed by atoms with Gasteiger partial charge in [-0.05, 0) is 72.4 Å². The standard InChI is InChI=1S/C28H26FN3O5S/c1-35-21-11-3-17(4-12-21)15-32(38(2,33)34)24-14-25-23(13-22(24)18-5-6-18)26(28-30-16-36-31-28)27(37-25)19-7-9-20(29)10-8-19/h3-4,7-14,18H,5-6,15-16H2,1-2H3,(H,30,31). The van der Waals surface area contributed by atoms with Crippen LogP contribution in [-0.2, 0) is 21.4 Å². The molecule has 1 aromatic heterocycles. The van der Waals surface area contributed by atoms with E-state index in [9.17, 15) is 12.8 Å². The second-order valence-corrected chi connectivity index (χ2v) is 11.4. The third-order valence-electron chi connectivity index (χ3n) is 6.81. The first kappa shape index (κ1) is 24.3. The Hall–Kier alpha value is -4.05. The van der Waals surface area contributed by atoms with Gasteiger partial charge in [0.1, 0.15) is 22.9 Å². The van der Waals surface area contributed by atoms with E-state index in [1.165, 1.54) is 22.7 Å². The van der Waals surface area contributed by atoms with Crippen molar-refractivity contribution in [1.82, 2.24) is 5.32 Å². The molecule has 1 aliphatic heterocycles. The van der Waals surface area contributed by atoms with Crippen LogP contribution in [0.1, 0.15) is 35.4 Å². The van der Waals surface area contributed by atoms with Crippen molar-refractivity contribution < 1.29 is 26.8 Å². The average molecular weight is 536 g/mol. The number of ether oxygens (including phenoxy) is 1. The fourth-order valence-corrected chi connectivity index (χ4v) is 5.67. The van der Waals surface area contributed by atoms with Crippen molar-refractivity contribution in [1.29, 1.82) is 0 Å². The van der Waals surface area contributed by atoms with Crippen molar-refractivity contribution in [2.45, 2.75) is 25.3 Å². The Morgan fingerprint density at radius 3 is 2.45 bits per heavy atom. The number of hydrogen-bond donors (Lipinski definition) is 1. The van der Waals surface area contributed by atoms with E-state index in [0.717, 1.165) is 29.4 Å². The van der Waals surface area contributed by atoms with Gasteiger partial charge in [-0.15, -0.1) is 0 Å². The van der Waals surface area contributed by atoms with Crippen LogP contribution in [0.25, 0.3) is 22.3 Å². The second kappa shape index (κ2) is 9.36. The molecule has 4 aromatic rings. The summed E-state index contributed by atoms with van der Waals surface area (Å²) < 4.78 is 52.9. The maximum absolute atomic E-state index is 13.7. The van der Waals surface area contributed by atoms with Gasteiger partial charge in [-0.1, -0.05) is 17.3 Å². The van der Waals surface area contributed by atoms with Gasteiger partial charge in [-0.25, -0.2) is 12.8 Å². The molecule has 0 spiro atoms. The molecule has 38 heavy (non-hydrogen) atoms. The lowest BCUT2D eigenvalue weighted by molar-refractivity contribution is 0.164. The van der Waals surface area contributed by atoms with Crippen molar-refractivity contribution in [3.05, 3.63) is 83.2 Å². The van der Waals surface area contributed by atoms with Crippen molar-refractivity contribution in [3.8, 4) is 17.1 Å². The number of hydrogen-bond acceptors (Lipinski definition) is 7. The summed E-state index contributed by atoms with van der Waals surface area (Å²) in [6.45, 7) is 0.386. The number of nitrogens with one attached hydrogen (secondary N) is 1. The van der Waals surface area contributed by atoms with Gasteiger partial charge >= 0.3 is 0 Å². The predicted molar refractivity (Wildman–Crippen MR) is 143 cm³/mol. The maximum Gasteiger partial charge on any atom is 0.232 e. The zero-order chi connectivity index (χ0) is 26.4. The van der Waals surface area contributed by atoms with Crippen LogP contribution in [-0.4, -0.2) is 34.3 Å². The van der Waals surface area contributed by atoms with Crippen molar-refractivity contribution in [2.24, 2.45) is 5.16 Å². The van der Waals surface area contributed by atoms with Crippen molar-refractivity contribution in [2.75, 3.05) is 24.4 Å². The molecule has 0 amide bonds. The molecule has 0 radical (unpaired) electrons. The molecule has 10 heteroatoms. The number of rotatable bonds is 8. The zero-order valence-electron chi connectivity index (χ0n) is 20.9. The molecule has 1 fully saturated rings. The van der Waals surface area contributed by atoms with E-state index in [1.807, 2.05) is 30.3 Å². The van der Waals surface area contributed by atoms with E-state index < -0.39 is 10.0 Å². The number of sulfonamides is 1. The molecule has 0 atom stereocenters. The number of anilines is 1. The summed E-state index contributed by atoms with van der Waals surface area (Å²) in [4.78, 5) is 5.20. The fraction of sp³-hybridized carbons (Fsp3) is 0.250. The van der Waals surface area contributed by atoms with E-state index >= 15 is 0 Å². The first-order chi connectivity index (χ1) is 18.3. The van der Waals surface area contributed by atoms with Gasteiger partial charge < -0.3 is 19.3 Å². The molecule has 1 saturated carbocycles. The van der Waals surface area contributed by atoms with Crippen LogP contribution in [0.4, 0.5) is 10.1 Å². The minimum atomic E-state index is -3.64. The first-order valence-corrected chi connectivity index (χ1v) is 14.1. The Labute approximate surface area is 219 Å². The molecule has 196 valence electrons. The van der Waals surface area contributed by atoms with Crippen LogP contribution >= 0.6 is 0 Å². The molecule has 8 nitrogen and oxygen atoms in total. The van der Waals surface area contributed by atoms with Crippen LogP contribution in [0.3, 0.4) is 0 Å². The molecule has 6 rings (SSSR count). The number of methoxy groups -OCH3 is 1. The Morgan fingerprint density at radius 2 is 1.84 bits per heavy atom. The lowest BCUT2D eigenvalue weighted by atomic mass is 10.00. The SMILES string of the molecule is COc1ccc(CN(c2cc3oc(-c4ccc(F)cc4)c(C4=NOCN4)c3cc2C2CC2)S(C)(=O)=O)cc1. The smallest absolute Gasteiger partial charge is 0.232 e. The zero-order valence-corrected chi connectivity index (χ0v) is 21.7. The molecular weight excluding hydrogens is 509 g/mol. The summed E-state index contributed by atoms with van der Waals surface area (Å²) in [7, 11) is -2.05. The number of nitrogens with zero attached hydrogens (tertiary/aromatic N) is 2. The van der Waals surface area contributed by atoms with Crippen molar-refractivity contribution in [3.63, 3.8) is 0 Å². The summed E-state index contributed by atoms with van der Waals surface area (Å²) in [5.74, 6) is 1.59. The van der Waals surface area contributed by atoms with Gasteiger partial charge in [0.2, 0.25) is 10.0 Å². The van der Waals surface area contributed by atoms with Gasteiger partial charge in [0.05, 0.1) is 31.2 Å². The third kappa shape index (κ3) is 4.56.